The number of aromatic nitrogens is 1. The lowest BCUT2D eigenvalue weighted by Crippen LogP contribution is -2.38. The average molecular weight is 342 g/mol. The zero-order valence-corrected chi connectivity index (χ0v) is 16.2. The lowest BCUT2D eigenvalue weighted by molar-refractivity contribution is 0.134. The topological polar surface area (TPSA) is 38.5 Å². The van der Waals surface area contributed by atoms with Gasteiger partial charge in [-0.25, -0.2) is 4.98 Å². The normalized spacial score (nSPS) is 18.5. The van der Waals surface area contributed by atoms with E-state index in [1.807, 2.05) is 6.92 Å². The van der Waals surface area contributed by atoms with Crippen LogP contribution in [0, 0.1) is 20.8 Å². The van der Waals surface area contributed by atoms with Crippen LogP contribution in [0.15, 0.2) is 16.5 Å². The molecule has 136 valence electrons. The van der Waals surface area contributed by atoms with Crippen LogP contribution in [0.3, 0.4) is 0 Å². The highest BCUT2D eigenvalue weighted by molar-refractivity contribution is 5.62. The van der Waals surface area contributed by atoms with Crippen LogP contribution in [-0.4, -0.2) is 29.6 Å². The molecular weight excluding hydrogens is 312 g/mol. The van der Waals surface area contributed by atoms with E-state index in [4.69, 9.17) is 14.1 Å². The van der Waals surface area contributed by atoms with Crippen molar-refractivity contribution in [2.24, 2.45) is 0 Å². The zero-order chi connectivity index (χ0) is 18.0. The maximum Gasteiger partial charge on any atom is 0.226 e. The highest BCUT2D eigenvalue weighted by Crippen LogP contribution is 2.31. The maximum absolute atomic E-state index is 6.04. The summed E-state index contributed by atoms with van der Waals surface area (Å²) >= 11 is 0. The van der Waals surface area contributed by atoms with Gasteiger partial charge in [0.25, 0.3) is 0 Å². The third-order valence-electron chi connectivity index (χ3n) is 5.44. The van der Waals surface area contributed by atoms with Crippen LogP contribution in [0.4, 0.5) is 0 Å². The fourth-order valence-electron chi connectivity index (χ4n) is 3.85. The van der Waals surface area contributed by atoms with E-state index in [0.29, 0.717) is 6.04 Å². The summed E-state index contributed by atoms with van der Waals surface area (Å²) in [5, 5.41) is 0. The first-order valence-corrected chi connectivity index (χ1v) is 9.39. The van der Waals surface area contributed by atoms with E-state index in [1.54, 1.807) is 7.11 Å². The van der Waals surface area contributed by atoms with Gasteiger partial charge in [0.2, 0.25) is 5.89 Å². The smallest absolute Gasteiger partial charge is 0.226 e. The van der Waals surface area contributed by atoms with Crippen molar-refractivity contribution in [1.82, 2.24) is 9.88 Å². The maximum atomic E-state index is 6.04. The first kappa shape index (κ1) is 18.0. The SMILES string of the molecule is CC[C@@H]1CCCCN1Cc1nc(-c2cc(C)c(OC)cc2C)oc1C. The third kappa shape index (κ3) is 3.74. The molecular formula is C21H30N2O2. The quantitative estimate of drug-likeness (QED) is 0.763. The first-order chi connectivity index (χ1) is 12.0. The summed E-state index contributed by atoms with van der Waals surface area (Å²) in [6.07, 6.45) is 5.15. The molecule has 2 heterocycles. The Kier molecular flexibility index (Phi) is 5.48. The second kappa shape index (κ2) is 7.61. The predicted octanol–water partition coefficient (Wildman–Crippen LogP) is 5.04. The molecule has 0 amide bonds. The van der Waals surface area contributed by atoms with E-state index in [1.165, 1.54) is 32.2 Å². The lowest BCUT2D eigenvalue weighted by Gasteiger charge is -2.34. The van der Waals surface area contributed by atoms with E-state index in [-0.39, 0.29) is 0 Å². The minimum atomic E-state index is 0.679. The van der Waals surface area contributed by atoms with Gasteiger partial charge in [-0.3, -0.25) is 4.90 Å². The molecule has 0 spiro atoms. The molecule has 3 rings (SSSR count). The number of ether oxygens (including phenoxy) is 1. The molecule has 0 bridgehead atoms. The van der Waals surface area contributed by atoms with E-state index in [2.05, 4.69) is 37.8 Å². The van der Waals surface area contributed by atoms with Gasteiger partial charge < -0.3 is 9.15 Å². The monoisotopic (exact) mass is 342 g/mol. The van der Waals surface area contributed by atoms with Gasteiger partial charge in [-0.05, 0) is 69.8 Å². The van der Waals surface area contributed by atoms with Crippen LogP contribution in [0.1, 0.15) is 55.2 Å². The van der Waals surface area contributed by atoms with Crippen LogP contribution < -0.4 is 4.74 Å². The number of aryl methyl sites for hydroxylation is 3. The summed E-state index contributed by atoms with van der Waals surface area (Å²) in [7, 11) is 1.71. The number of nitrogens with zero attached hydrogens (tertiary/aromatic N) is 2. The van der Waals surface area contributed by atoms with Crippen LogP contribution in [-0.2, 0) is 6.54 Å². The van der Waals surface area contributed by atoms with Gasteiger partial charge in [-0.15, -0.1) is 0 Å². The van der Waals surface area contributed by atoms with Gasteiger partial charge in [-0.1, -0.05) is 13.3 Å². The van der Waals surface area contributed by atoms with E-state index < -0.39 is 0 Å². The van der Waals surface area contributed by atoms with E-state index in [9.17, 15) is 0 Å². The van der Waals surface area contributed by atoms with Crippen molar-refractivity contribution in [2.45, 2.75) is 66.0 Å². The molecule has 25 heavy (non-hydrogen) atoms. The summed E-state index contributed by atoms with van der Waals surface area (Å²) in [4.78, 5) is 7.42. The van der Waals surface area contributed by atoms with Crippen molar-refractivity contribution >= 4 is 0 Å². The van der Waals surface area contributed by atoms with Gasteiger partial charge in [0.15, 0.2) is 0 Å². The Morgan fingerprint density at radius 3 is 2.72 bits per heavy atom. The van der Waals surface area contributed by atoms with Gasteiger partial charge in [0.05, 0.1) is 12.8 Å². The molecule has 1 aromatic carbocycles. The summed E-state index contributed by atoms with van der Waals surface area (Å²) in [5.74, 6) is 2.56. The van der Waals surface area contributed by atoms with Gasteiger partial charge >= 0.3 is 0 Å². The van der Waals surface area contributed by atoms with Gasteiger partial charge in [0, 0.05) is 18.2 Å². The lowest BCUT2D eigenvalue weighted by atomic mass is 10.00. The number of hydrogen-bond acceptors (Lipinski definition) is 4. The molecule has 1 aromatic heterocycles. The van der Waals surface area contributed by atoms with Crippen molar-refractivity contribution < 1.29 is 9.15 Å². The molecule has 4 nitrogen and oxygen atoms in total. The molecule has 1 aliphatic heterocycles. The van der Waals surface area contributed by atoms with Gasteiger partial charge in [0.1, 0.15) is 11.5 Å². The Balaban J connectivity index is 1.86. The Morgan fingerprint density at radius 1 is 1.20 bits per heavy atom. The van der Waals surface area contributed by atoms with Crippen molar-refractivity contribution in [1.29, 1.82) is 0 Å². The van der Waals surface area contributed by atoms with E-state index >= 15 is 0 Å². The number of piperidine rings is 1. The van der Waals surface area contributed by atoms with Crippen LogP contribution >= 0.6 is 0 Å². The highest BCUT2D eigenvalue weighted by Gasteiger charge is 2.23. The Morgan fingerprint density at radius 2 is 2.00 bits per heavy atom. The van der Waals surface area contributed by atoms with Crippen LogP contribution in [0.25, 0.3) is 11.5 Å². The molecule has 1 fully saturated rings. The van der Waals surface area contributed by atoms with Crippen LogP contribution in [0.2, 0.25) is 0 Å². The predicted molar refractivity (Wildman–Crippen MR) is 101 cm³/mol. The van der Waals surface area contributed by atoms with E-state index in [0.717, 1.165) is 46.3 Å². The van der Waals surface area contributed by atoms with Crippen molar-refractivity contribution in [3.05, 3.63) is 34.7 Å². The van der Waals surface area contributed by atoms with Crippen molar-refractivity contribution in [3.8, 4) is 17.2 Å². The largest absolute Gasteiger partial charge is 0.496 e. The summed E-state index contributed by atoms with van der Waals surface area (Å²) in [5.41, 5.74) is 4.35. The molecule has 1 atom stereocenters. The standard InChI is InChI=1S/C21H30N2O2/c1-6-17-9-7-8-10-23(17)13-19-16(4)25-21(22-19)18-11-15(3)20(24-5)12-14(18)2/h11-12,17H,6-10,13H2,1-5H3/t17-/m1/s1. The zero-order valence-electron chi connectivity index (χ0n) is 16.2. The number of likely N-dealkylation sites (tertiary alicyclic amines) is 1. The summed E-state index contributed by atoms with van der Waals surface area (Å²) < 4.78 is 11.5. The average Bonchev–Trinajstić information content (AvgIpc) is 2.97. The minimum Gasteiger partial charge on any atom is -0.496 e. The fraction of sp³-hybridized carbons (Fsp3) is 0.571. The molecule has 0 unspecified atom stereocenters. The number of oxazole rings is 1. The molecule has 0 N–H and O–H groups in total. The molecule has 4 heteroatoms. The van der Waals surface area contributed by atoms with Gasteiger partial charge in [-0.2, -0.15) is 0 Å². The van der Waals surface area contributed by atoms with Crippen molar-refractivity contribution in [3.63, 3.8) is 0 Å². The molecule has 1 aliphatic rings. The summed E-state index contributed by atoms with van der Waals surface area (Å²) in [6, 6.07) is 4.85. The second-order valence-corrected chi connectivity index (χ2v) is 7.19. The Hall–Kier alpha value is -1.81. The molecule has 0 saturated carbocycles. The molecule has 2 aromatic rings. The Bertz CT molecular complexity index is 736. The fourth-order valence-corrected chi connectivity index (χ4v) is 3.85. The molecule has 0 radical (unpaired) electrons. The minimum absolute atomic E-state index is 0.679. The number of rotatable bonds is 5. The first-order valence-electron chi connectivity index (χ1n) is 9.39. The molecule has 1 saturated heterocycles. The number of methoxy groups -OCH3 is 1. The third-order valence-corrected chi connectivity index (χ3v) is 5.44. The number of hydrogen-bond donors (Lipinski definition) is 0. The molecule has 0 aliphatic carbocycles. The van der Waals surface area contributed by atoms with Crippen molar-refractivity contribution in [2.75, 3.05) is 13.7 Å². The van der Waals surface area contributed by atoms with Crippen LogP contribution in [0.5, 0.6) is 5.75 Å². The Labute approximate surface area is 151 Å². The number of benzene rings is 1. The summed E-state index contributed by atoms with van der Waals surface area (Å²) in [6.45, 7) is 10.5. The highest BCUT2D eigenvalue weighted by atomic mass is 16.5. The second-order valence-electron chi connectivity index (χ2n) is 7.19.